The van der Waals surface area contributed by atoms with Crippen molar-refractivity contribution in [3.8, 4) is 39.9 Å². The van der Waals surface area contributed by atoms with E-state index in [1.54, 1.807) is 55.1 Å². The van der Waals surface area contributed by atoms with Crippen molar-refractivity contribution in [3.63, 3.8) is 0 Å². The van der Waals surface area contributed by atoms with Gasteiger partial charge >= 0.3 is 35.8 Å². The molecule has 44 heteroatoms. The molecule has 6 N–H and O–H groups in total. The minimum absolute atomic E-state index is 0.156. The maximum absolute atomic E-state index is 13.3. The van der Waals surface area contributed by atoms with E-state index >= 15 is 0 Å². The molecule has 0 amide bonds. The number of hydrogen-bond donors (Lipinski definition) is 6. The number of carbonyl (C=O) groups is 6. The lowest BCUT2D eigenvalue weighted by molar-refractivity contribution is 0.0683. The van der Waals surface area contributed by atoms with Crippen molar-refractivity contribution in [3.05, 3.63) is 396 Å². The van der Waals surface area contributed by atoms with Crippen LogP contribution in [0.1, 0.15) is 88.5 Å². The van der Waals surface area contributed by atoms with Crippen molar-refractivity contribution in [1.82, 2.24) is 61.7 Å². The van der Waals surface area contributed by atoms with Crippen LogP contribution in [0, 0.1) is 29.1 Å². The van der Waals surface area contributed by atoms with E-state index in [-0.39, 0.29) is 32.9 Å². The number of carboxylic acid groups (broad SMARTS) is 6. The lowest BCUT2D eigenvalue weighted by atomic mass is 10.1. The van der Waals surface area contributed by atoms with Gasteiger partial charge in [-0.3, -0.25) is 60.9 Å². The number of carboxylic acids is 6. The number of aromatic carboxylic acids is 6. The van der Waals surface area contributed by atoms with Crippen LogP contribution in [0.15, 0.2) is 295 Å². The van der Waals surface area contributed by atoms with Gasteiger partial charge in [-0.15, -0.1) is 22.7 Å². The zero-order chi connectivity index (χ0) is 105. The number of likely N-dealkylation sites (N-methyl/N-ethyl adjacent to an activating group) is 1. The predicted octanol–water partition coefficient (Wildman–Crippen LogP) is 14.5. The third-order valence-corrected chi connectivity index (χ3v) is 30.9. The van der Waals surface area contributed by atoms with Crippen LogP contribution in [0.25, 0.3) is 87.4 Å². The van der Waals surface area contributed by atoms with Gasteiger partial charge in [0.1, 0.15) is 106 Å². The summed E-state index contributed by atoms with van der Waals surface area (Å²) in [6.45, 7) is 8.10. The molecule has 0 radical (unpaired) electrons. The van der Waals surface area contributed by atoms with Crippen molar-refractivity contribution in [1.29, 1.82) is 0 Å². The van der Waals surface area contributed by atoms with Crippen LogP contribution in [-0.2, 0) is 24.9 Å². The summed E-state index contributed by atoms with van der Waals surface area (Å²) in [5.74, 6) is -9.32. The number of halogens is 5. The Morgan fingerprint density at radius 1 is 0.432 bits per heavy atom. The monoisotopic (exact) mass is 2060 g/mol. The second kappa shape index (κ2) is 42.9. The zero-order valence-corrected chi connectivity index (χ0v) is 81.4. The molecule has 35 nitrogen and oxygen atoms in total. The Morgan fingerprint density at radius 2 is 0.801 bits per heavy atom. The van der Waals surface area contributed by atoms with Crippen molar-refractivity contribution < 1.29 is 90.5 Å². The minimum atomic E-state index is -2.72. The lowest BCUT2D eigenvalue weighted by Crippen LogP contribution is -2.66. The van der Waals surface area contributed by atoms with E-state index in [1.165, 1.54) is 252 Å². The first-order valence-corrected chi connectivity index (χ1v) is 48.2. The van der Waals surface area contributed by atoms with Gasteiger partial charge in [0, 0.05) is 53.3 Å². The molecule has 12 heterocycles. The molecule has 0 fully saturated rings. The molecule has 20 rings (SSSR count). The second-order valence-electron chi connectivity index (χ2n) is 33.5. The number of anilines is 2. The highest BCUT2D eigenvalue weighted by Gasteiger charge is 2.50. The van der Waals surface area contributed by atoms with Gasteiger partial charge in [-0.05, 0) is 185 Å². The number of benzene rings is 8. The van der Waals surface area contributed by atoms with Gasteiger partial charge in [0.15, 0.2) is 16.7 Å². The molecule has 0 aliphatic carbocycles. The highest BCUT2D eigenvalue weighted by molar-refractivity contribution is 7.22. The number of imidazole rings is 1. The molecule has 11 aromatic heterocycles. The number of pyridine rings is 6. The van der Waals surface area contributed by atoms with E-state index in [2.05, 4.69) is 94.3 Å². The summed E-state index contributed by atoms with van der Waals surface area (Å²) in [7, 11) is 5.99. The summed E-state index contributed by atoms with van der Waals surface area (Å²) in [4.78, 5) is 165. The first-order chi connectivity index (χ1) is 69.7. The summed E-state index contributed by atoms with van der Waals surface area (Å²) in [5, 5.41) is 62.9. The number of fused-ring (bicyclic) bond motifs is 6. The smallest absolute Gasteiger partial charge is 0.341 e. The van der Waals surface area contributed by atoms with E-state index in [4.69, 9.17) is 24.5 Å². The maximum Gasteiger partial charge on any atom is 0.341 e. The number of para-hydroxylation sites is 1. The number of aryl methyl sites for hydroxylation is 2. The molecule has 742 valence electrons. The van der Waals surface area contributed by atoms with E-state index in [0.29, 0.717) is 130 Å². The number of thiazole rings is 3. The molecule has 0 atom stereocenters. The number of ether oxygens (including phenoxy) is 1. The highest BCUT2D eigenvalue weighted by atomic mass is 32.1. The summed E-state index contributed by atoms with van der Waals surface area (Å²) in [5.41, 5.74) is 3.00. The normalized spacial score (nSPS) is 11.6. The van der Waals surface area contributed by atoms with Crippen LogP contribution < -0.4 is 58.3 Å². The topological polar surface area (TPSA) is 455 Å². The maximum atomic E-state index is 13.3. The molecular weight excluding hydrogens is 1970 g/mol. The van der Waals surface area contributed by atoms with Crippen LogP contribution >= 0.6 is 34.0 Å². The highest BCUT2D eigenvalue weighted by Crippen LogP contribution is 2.39. The predicted molar refractivity (Wildman–Crippen MR) is 542 cm³/mol. The van der Waals surface area contributed by atoms with Crippen molar-refractivity contribution >= 4 is 153 Å². The Morgan fingerprint density at radius 3 is 1.25 bits per heavy atom. The number of rotatable bonds is 19. The summed E-state index contributed by atoms with van der Waals surface area (Å²) in [6.07, 6.45) is 3.50. The van der Waals surface area contributed by atoms with Crippen molar-refractivity contribution in [2.45, 2.75) is 32.2 Å². The molecule has 8 aromatic carbocycles. The Bertz CT molecular complexity index is 8500. The van der Waals surface area contributed by atoms with Gasteiger partial charge in [-0.2, -0.15) is 5.10 Å². The van der Waals surface area contributed by atoms with Gasteiger partial charge in [0.25, 0.3) is 41.7 Å². The lowest BCUT2D eigenvalue weighted by Gasteiger charge is -2.43. The summed E-state index contributed by atoms with van der Waals surface area (Å²) in [6, 6.07) is 62.5. The van der Waals surface area contributed by atoms with Gasteiger partial charge < -0.3 is 54.2 Å². The summed E-state index contributed by atoms with van der Waals surface area (Å²) < 4.78 is 88.6. The fourth-order valence-corrected chi connectivity index (χ4v) is 23.4. The van der Waals surface area contributed by atoms with E-state index < -0.39 is 112 Å². The molecular formula is C102H82F5N15O20S3Si. The van der Waals surface area contributed by atoms with Crippen LogP contribution in [0.2, 0.25) is 5.04 Å². The first kappa shape index (κ1) is 102. The molecule has 0 unspecified atom stereocenters. The van der Waals surface area contributed by atoms with E-state index in [1.807, 2.05) is 36.4 Å². The SMILES string of the molecule is CC(C)(C)[Si](OCCc1ccccc1-n1c(=O)c(C(=O)O)cc2ncsc21)(c1ccccc1)c1ccccc1.CN(C)c1nc2cc(C(=O)O)c(=O)n(-c3ccc(F)cc3)c2s1.CN1CCOc2cc(C(=O)O)c(=O)n(-c3ccc(F)cc3)c21.Cn1cnc2cc(C(=O)O)c(=O)n(-c3ccc(F)cc3)c21.Cn1ncc2cc(C(=O)O)c(=O)n(-c3ccc(F)cc3)c21.O=C(O)c1cc2ncsc2n(-c2ccc(F)cc2)c1=O. The first-order valence-electron chi connectivity index (χ1n) is 43.7. The minimum Gasteiger partial charge on any atom is -0.488 e. The molecule has 0 spiro atoms. The quantitative estimate of drug-likeness (QED) is 0.0323. The average molecular weight is 2060 g/mol. The third kappa shape index (κ3) is 20.9. The van der Waals surface area contributed by atoms with Crippen molar-refractivity contribution in [2.75, 3.05) is 50.7 Å². The Labute approximate surface area is 833 Å². The number of aromatic nitrogens is 13. The van der Waals surface area contributed by atoms with Crippen LogP contribution in [0.5, 0.6) is 5.75 Å². The number of nitrogens with zero attached hydrogens (tertiary/aromatic N) is 15. The standard InChI is InChI=1S/C31H30N2O4SSi.C15H12FN3O3S.C15H13FN2O4.2C14H10FN3O3.C13H7FN2O3S/c1-31(2,3)39(23-13-6-4-7-14-23,24-15-8-5-9-16-24)37-19-18-22-12-10-11-17-27(22)33-28(34)25(30(35)36)20-26-29(33)38-21-32-26;1-18(2)15-17-11-7-10(14(21)22)12(20)19(13(11)23-15)9-5-3-8(16)4-6-9;1-17-6-7-22-12-8-11(15(20)21)14(19)18(13(12)17)10-4-2-9(16)3-5-10;1-17-12-8(7-16-17)6-11(14(20)21)13(19)18(12)10-4-2-9(15)3-5-10;1-17-7-16-11-6-10(14(20)21)13(19)18(12(11)17)9-4-2-8(15)3-5-9;14-7-1-3-8(4-2-7)16-11(17)9(13(18)19)5-10-12(16)20-6-15-10/h4-17,20-21H,18-19H2,1-3H3,(H,35,36);3-7H,1-2H3,(H,21,22);2-5,8H,6-7H2,1H3,(H,20,21);2*2-7H,1H3,(H,20,21);1-6H,(H,18,19). The molecule has 146 heavy (non-hydrogen) atoms. The molecule has 1 aliphatic heterocycles. The molecule has 0 saturated carbocycles. The molecule has 0 saturated heterocycles. The van der Waals surface area contributed by atoms with Crippen molar-refractivity contribution in [2.24, 2.45) is 14.1 Å². The van der Waals surface area contributed by atoms with E-state index in [9.17, 15) is 94.8 Å². The third-order valence-electron chi connectivity index (χ3n) is 23.0. The van der Waals surface area contributed by atoms with Gasteiger partial charge in [0.05, 0.1) is 75.2 Å². The van der Waals surface area contributed by atoms with Gasteiger partial charge in [-0.1, -0.05) is 111 Å². The number of hydrogen-bond acceptors (Lipinski definition) is 24. The van der Waals surface area contributed by atoms with E-state index in [0.717, 1.165) is 5.56 Å². The largest absolute Gasteiger partial charge is 0.488 e. The molecule has 0 bridgehead atoms. The Hall–Kier alpha value is -17.9. The second-order valence-corrected chi connectivity index (χ2v) is 40.5. The molecule has 19 aromatic rings. The average Bonchev–Trinajstić information content (AvgIpc) is 1.44. The van der Waals surface area contributed by atoms with Gasteiger partial charge in [-0.25, -0.2) is 70.7 Å². The summed E-state index contributed by atoms with van der Waals surface area (Å²) >= 11 is 3.78. The van der Waals surface area contributed by atoms with Crippen LogP contribution in [-0.4, -0.2) is 177 Å². The Kier molecular flexibility index (Phi) is 30.1. The fourth-order valence-electron chi connectivity index (χ4n) is 16.3. The Balaban J connectivity index is 0.000000134. The fraction of sp³-hybridized carbons (Fsp3) is 0.127. The van der Waals surface area contributed by atoms with Gasteiger partial charge in [0.2, 0.25) is 0 Å². The molecule has 1 aliphatic rings. The zero-order valence-electron chi connectivity index (χ0n) is 78.0. The van der Waals surface area contributed by atoms with Crippen LogP contribution in [0.3, 0.4) is 0 Å². The van der Waals surface area contributed by atoms with Crippen LogP contribution in [0.4, 0.5) is 32.9 Å².